The average molecular weight is 307 g/mol. The molecule has 0 saturated heterocycles. The molecule has 0 aromatic heterocycles. The lowest BCUT2D eigenvalue weighted by Gasteiger charge is -2.34. The van der Waals surface area contributed by atoms with Gasteiger partial charge in [-0.3, -0.25) is 4.48 Å². The monoisotopic (exact) mass is 307 g/mol. The molecule has 0 bridgehead atoms. The molecule has 0 radical (unpaired) electrons. The molecule has 0 amide bonds. The molecule has 0 N–H and O–H groups in total. The Kier molecular flexibility index (Phi) is 4.88. The molecule has 1 rings (SSSR count). The number of nitrogens with zero attached hydrogens (tertiary/aromatic N) is 1. The lowest BCUT2D eigenvalue weighted by molar-refractivity contribution is -0.268. The van der Waals surface area contributed by atoms with Crippen LogP contribution in [0.1, 0.15) is 13.8 Å². The molecular formula is C11H18INO. The maximum absolute atomic E-state index is 11.1. The van der Waals surface area contributed by atoms with Crippen molar-refractivity contribution in [2.45, 2.75) is 19.9 Å². The predicted octanol–water partition coefficient (Wildman–Crippen LogP) is 2.35. The second-order valence-electron chi connectivity index (χ2n) is 4.13. The number of halogens is 1. The first kappa shape index (κ1) is 13.7. The van der Waals surface area contributed by atoms with Crippen molar-refractivity contribution >= 4 is 29.7 Å². The van der Waals surface area contributed by atoms with Gasteiger partial charge in [-0.2, -0.15) is 0 Å². The molecule has 0 saturated carbocycles. The highest BCUT2D eigenvalue weighted by molar-refractivity contribution is 14.0. The first-order chi connectivity index (χ1) is 5.94. The van der Waals surface area contributed by atoms with E-state index in [2.05, 4.69) is 27.9 Å². The zero-order valence-electron chi connectivity index (χ0n) is 9.15. The quantitative estimate of drug-likeness (QED) is 0.607. The SMILES string of the molecule is CC(C)[N+](C)(C)c1cccc([O-])c1.I. The van der Waals surface area contributed by atoms with Gasteiger partial charge < -0.3 is 5.11 Å². The van der Waals surface area contributed by atoms with Crippen molar-refractivity contribution in [2.75, 3.05) is 14.1 Å². The van der Waals surface area contributed by atoms with Crippen molar-refractivity contribution in [1.29, 1.82) is 0 Å². The van der Waals surface area contributed by atoms with E-state index in [0.29, 0.717) is 6.04 Å². The van der Waals surface area contributed by atoms with E-state index in [1.165, 1.54) is 0 Å². The molecule has 0 spiro atoms. The van der Waals surface area contributed by atoms with Crippen molar-refractivity contribution in [1.82, 2.24) is 4.48 Å². The molecule has 1 aromatic rings. The van der Waals surface area contributed by atoms with E-state index >= 15 is 0 Å². The van der Waals surface area contributed by atoms with Gasteiger partial charge in [-0.1, -0.05) is 12.1 Å². The summed E-state index contributed by atoms with van der Waals surface area (Å²) in [6.07, 6.45) is 0. The van der Waals surface area contributed by atoms with E-state index in [-0.39, 0.29) is 29.7 Å². The molecule has 14 heavy (non-hydrogen) atoms. The van der Waals surface area contributed by atoms with Crippen LogP contribution in [-0.2, 0) is 0 Å². The maximum atomic E-state index is 11.1. The summed E-state index contributed by atoms with van der Waals surface area (Å²) in [6, 6.07) is 7.59. The predicted molar refractivity (Wildman–Crippen MR) is 70.1 cm³/mol. The van der Waals surface area contributed by atoms with Gasteiger partial charge in [-0.25, -0.2) is 0 Å². The summed E-state index contributed by atoms with van der Waals surface area (Å²) in [5.41, 5.74) is 1.07. The zero-order chi connectivity index (χ0) is 10.1. The molecule has 0 aliphatic carbocycles. The van der Waals surface area contributed by atoms with Crippen LogP contribution in [0, 0.1) is 0 Å². The second kappa shape index (κ2) is 4.98. The van der Waals surface area contributed by atoms with Crippen LogP contribution in [0.15, 0.2) is 24.3 Å². The Bertz CT molecular complexity index is 297. The maximum Gasteiger partial charge on any atom is 0.131 e. The highest BCUT2D eigenvalue weighted by Gasteiger charge is 2.22. The molecular weight excluding hydrogens is 289 g/mol. The molecule has 0 atom stereocenters. The average Bonchev–Trinajstić information content (AvgIpc) is 2.04. The molecule has 0 aliphatic heterocycles. The Labute approximate surface area is 103 Å². The summed E-state index contributed by atoms with van der Waals surface area (Å²) >= 11 is 0. The van der Waals surface area contributed by atoms with Gasteiger partial charge in [0.2, 0.25) is 0 Å². The van der Waals surface area contributed by atoms with E-state index < -0.39 is 0 Å². The van der Waals surface area contributed by atoms with Crippen molar-refractivity contribution < 1.29 is 5.11 Å². The van der Waals surface area contributed by atoms with Crippen LogP contribution in [0.25, 0.3) is 0 Å². The summed E-state index contributed by atoms with van der Waals surface area (Å²) in [5.74, 6) is 0.0874. The van der Waals surface area contributed by atoms with E-state index in [4.69, 9.17) is 0 Å². The van der Waals surface area contributed by atoms with Crippen LogP contribution in [0.5, 0.6) is 5.75 Å². The molecule has 80 valence electrons. The fourth-order valence-corrected chi connectivity index (χ4v) is 1.14. The number of quaternary nitrogens is 1. The minimum Gasteiger partial charge on any atom is -0.872 e. The van der Waals surface area contributed by atoms with Gasteiger partial charge >= 0.3 is 0 Å². The van der Waals surface area contributed by atoms with E-state index in [9.17, 15) is 5.11 Å². The first-order valence-electron chi connectivity index (χ1n) is 4.56. The van der Waals surface area contributed by atoms with Gasteiger partial charge in [-0.15, -0.1) is 29.7 Å². The molecule has 2 nitrogen and oxygen atoms in total. The van der Waals surface area contributed by atoms with Crippen molar-refractivity contribution in [2.24, 2.45) is 0 Å². The minimum absolute atomic E-state index is 0. The van der Waals surface area contributed by atoms with Gasteiger partial charge in [0.15, 0.2) is 0 Å². The fourth-order valence-electron chi connectivity index (χ4n) is 1.14. The first-order valence-corrected chi connectivity index (χ1v) is 4.56. The third-order valence-corrected chi connectivity index (χ3v) is 2.77. The molecule has 0 unspecified atom stereocenters. The Morgan fingerprint density at radius 3 is 2.21 bits per heavy atom. The Hall–Kier alpha value is -0.290. The topological polar surface area (TPSA) is 23.1 Å². The number of rotatable bonds is 2. The standard InChI is InChI=1S/C11H17NO.HI/c1-9(2)12(3,4)10-6-5-7-11(13)8-10;/h5-9H,1-4H3;1H. The van der Waals surface area contributed by atoms with Crippen LogP contribution in [0.4, 0.5) is 5.69 Å². The Morgan fingerprint density at radius 2 is 1.79 bits per heavy atom. The molecule has 0 heterocycles. The summed E-state index contributed by atoms with van der Waals surface area (Å²) < 4.78 is 0.746. The Balaban J connectivity index is 0.00000169. The summed E-state index contributed by atoms with van der Waals surface area (Å²) in [7, 11) is 4.22. The number of benzene rings is 1. The van der Waals surface area contributed by atoms with Crippen molar-refractivity contribution in [3.63, 3.8) is 0 Å². The highest BCUT2D eigenvalue weighted by atomic mass is 127. The van der Waals surface area contributed by atoms with Crippen LogP contribution in [0.3, 0.4) is 0 Å². The normalized spacial score (nSPS) is 11.2. The third-order valence-electron chi connectivity index (χ3n) is 2.77. The third kappa shape index (κ3) is 2.85. The van der Waals surface area contributed by atoms with Crippen LogP contribution in [0.2, 0.25) is 0 Å². The van der Waals surface area contributed by atoms with Crippen LogP contribution in [-0.4, -0.2) is 20.1 Å². The largest absolute Gasteiger partial charge is 0.872 e. The number of hydrogen-bond acceptors (Lipinski definition) is 1. The lowest BCUT2D eigenvalue weighted by Crippen LogP contribution is -2.46. The summed E-state index contributed by atoms with van der Waals surface area (Å²) in [4.78, 5) is 0. The fraction of sp³-hybridized carbons (Fsp3) is 0.455. The van der Waals surface area contributed by atoms with E-state index in [0.717, 1.165) is 10.2 Å². The van der Waals surface area contributed by atoms with E-state index in [1.807, 2.05) is 12.1 Å². The van der Waals surface area contributed by atoms with Crippen molar-refractivity contribution in [3.05, 3.63) is 24.3 Å². The van der Waals surface area contributed by atoms with Gasteiger partial charge in [0.1, 0.15) is 5.69 Å². The van der Waals surface area contributed by atoms with Crippen LogP contribution >= 0.6 is 24.0 Å². The number of hydrogen-bond donors (Lipinski definition) is 0. The zero-order valence-corrected chi connectivity index (χ0v) is 11.5. The molecule has 1 aromatic carbocycles. The van der Waals surface area contributed by atoms with Gasteiger partial charge in [-0.05, 0) is 26.0 Å². The Morgan fingerprint density at radius 1 is 1.21 bits per heavy atom. The lowest BCUT2D eigenvalue weighted by atomic mass is 10.2. The van der Waals surface area contributed by atoms with Crippen LogP contribution < -0.4 is 9.59 Å². The molecule has 0 fully saturated rings. The van der Waals surface area contributed by atoms with Gasteiger partial charge in [0.05, 0.1) is 20.1 Å². The van der Waals surface area contributed by atoms with Crippen molar-refractivity contribution in [3.8, 4) is 5.75 Å². The van der Waals surface area contributed by atoms with Gasteiger partial charge in [0, 0.05) is 0 Å². The highest BCUT2D eigenvalue weighted by Crippen LogP contribution is 2.24. The molecule has 0 aliphatic rings. The summed E-state index contributed by atoms with van der Waals surface area (Å²) in [5, 5.41) is 11.1. The van der Waals surface area contributed by atoms with Gasteiger partial charge in [0.25, 0.3) is 0 Å². The van der Waals surface area contributed by atoms with E-state index in [1.54, 1.807) is 12.1 Å². The molecule has 3 heteroatoms. The second-order valence-corrected chi connectivity index (χ2v) is 4.13. The summed E-state index contributed by atoms with van der Waals surface area (Å²) in [6.45, 7) is 4.30. The minimum atomic E-state index is 0. The smallest absolute Gasteiger partial charge is 0.131 e.